The molecule has 0 radical (unpaired) electrons. The quantitative estimate of drug-likeness (QED) is 0.819. The lowest BCUT2D eigenvalue weighted by Crippen LogP contribution is -2.48. The summed E-state index contributed by atoms with van der Waals surface area (Å²) in [6.45, 7) is 2.79. The van der Waals surface area contributed by atoms with Crippen molar-refractivity contribution in [2.45, 2.75) is 12.7 Å². The number of rotatable bonds is 4. The van der Waals surface area contributed by atoms with Gasteiger partial charge in [-0.2, -0.15) is 13.2 Å². The fourth-order valence-electron chi connectivity index (χ4n) is 3.02. The summed E-state index contributed by atoms with van der Waals surface area (Å²) in [5, 5.41) is 0. The Labute approximate surface area is 155 Å². The maximum absolute atomic E-state index is 12.7. The van der Waals surface area contributed by atoms with Gasteiger partial charge in [-0.25, -0.2) is 0 Å². The zero-order valence-electron chi connectivity index (χ0n) is 14.9. The molecule has 0 bridgehead atoms. The number of hydrogen-bond donors (Lipinski definition) is 0. The van der Waals surface area contributed by atoms with E-state index >= 15 is 0 Å². The van der Waals surface area contributed by atoms with Crippen LogP contribution >= 0.6 is 0 Å². The van der Waals surface area contributed by atoms with Crippen molar-refractivity contribution < 1.29 is 22.7 Å². The number of amides is 1. The van der Waals surface area contributed by atoms with Crippen molar-refractivity contribution in [1.82, 2.24) is 14.8 Å². The van der Waals surface area contributed by atoms with Gasteiger partial charge in [-0.15, -0.1) is 0 Å². The number of para-hydroxylation sites is 1. The molecule has 1 aromatic heterocycles. The zero-order chi connectivity index (χ0) is 19.4. The number of hydrogen-bond acceptors (Lipinski definition) is 4. The Bertz CT molecular complexity index is 786. The Morgan fingerprint density at radius 2 is 1.81 bits per heavy atom. The average molecular weight is 379 g/mol. The highest BCUT2D eigenvalue weighted by atomic mass is 19.4. The fourth-order valence-corrected chi connectivity index (χ4v) is 3.02. The molecule has 5 nitrogen and oxygen atoms in total. The molecule has 0 aliphatic carbocycles. The predicted octanol–water partition coefficient (Wildman–Crippen LogP) is 3.07. The van der Waals surface area contributed by atoms with E-state index in [1.807, 2.05) is 6.07 Å². The number of carbonyl (C=O) groups is 1. The van der Waals surface area contributed by atoms with E-state index in [0.29, 0.717) is 49.7 Å². The number of piperazine rings is 1. The van der Waals surface area contributed by atoms with Crippen molar-refractivity contribution in [3.05, 3.63) is 59.4 Å². The molecule has 0 saturated carbocycles. The summed E-state index contributed by atoms with van der Waals surface area (Å²) < 4.78 is 43.0. The highest BCUT2D eigenvalue weighted by Gasteiger charge is 2.31. The van der Waals surface area contributed by atoms with Crippen molar-refractivity contribution in [1.29, 1.82) is 0 Å². The van der Waals surface area contributed by atoms with Gasteiger partial charge in [0.2, 0.25) is 0 Å². The number of alkyl halides is 3. The van der Waals surface area contributed by atoms with Crippen LogP contribution in [-0.2, 0) is 12.7 Å². The summed E-state index contributed by atoms with van der Waals surface area (Å²) in [5.74, 6) is 0.457. The standard InChI is InChI=1S/C19H20F3N3O2/c1-27-17-5-3-2-4-16(17)18(26)25-10-8-24(9-11-25)13-15-7-6-14(12-23-15)19(20,21)22/h2-7,12H,8-11,13H2,1H3. The Balaban J connectivity index is 1.56. The molecule has 144 valence electrons. The maximum atomic E-state index is 12.7. The Morgan fingerprint density at radius 1 is 1.11 bits per heavy atom. The molecule has 0 atom stereocenters. The molecule has 1 aliphatic heterocycles. The van der Waals surface area contributed by atoms with Crippen LogP contribution in [0.2, 0.25) is 0 Å². The van der Waals surface area contributed by atoms with E-state index in [-0.39, 0.29) is 5.91 Å². The Hall–Kier alpha value is -2.61. The number of aromatic nitrogens is 1. The number of methoxy groups -OCH3 is 1. The van der Waals surface area contributed by atoms with Gasteiger partial charge in [0.25, 0.3) is 5.91 Å². The van der Waals surface area contributed by atoms with Crippen molar-refractivity contribution >= 4 is 5.91 Å². The summed E-state index contributed by atoms with van der Waals surface area (Å²) in [5.41, 5.74) is 0.351. The number of nitrogens with zero attached hydrogens (tertiary/aromatic N) is 3. The molecule has 8 heteroatoms. The van der Waals surface area contributed by atoms with Crippen molar-refractivity contribution in [3.8, 4) is 5.75 Å². The van der Waals surface area contributed by atoms with Crippen LogP contribution in [0.5, 0.6) is 5.75 Å². The summed E-state index contributed by atoms with van der Waals surface area (Å²) in [7, 11) is 1.53. The van der Waals surface area contributed by atoms with Crippen molar-refractivity contribution in [3.63, 3.8) is 0 Å². The molecular formula is C19H20F3N3O2. The zero-order valence-corrected chi connectivity index (χ0v) is 14.9. The monoisotopic (exact) mass is 379 g/mol. The second kappa shape index (κ2) is 7.96. The first-order valence-electron chi connectivity index (χ1n) is 8.55. The van der Waals surface area contributed by atoms with E-state index in [0.717, 1.165) is 12.3 Å². The molecule has 1 amide bonds. The largest absolute Gasteiger partial charge is 0.496 e. The smallest absolute Gasteiger partial charge is 0.417 e. The van der Waals surface area contributed by atoms with Crippen molar-refractivity contribution in [2.75, 3.05) is 33.3 Å². The first-order valence-corrected chi connectivity index (χ1v) is 8.55. The Morgan fingerprint density at radius 3 is 2.41 bits per heavy atom. The number of pyridine rings is 1. The third kappa shape index (κ3) is 4.57. The number of carbonyl (C=O) groups excluding carboxylic acids is 1. The summed E-state index contributed by atoms with van der Waals surface area (Å²) in [4.78, 5) is 20.4. The third-order valence-corrected chi connectivity index (χ3v) is 4.53. The van der Waals surface area contributed by atoms with Crippen LogP contribution in [0, 0.1) is 0 Å². The second-order valence-electron chi connectivity index (χ2n) is 6.30. The average Bonchev–Trinajstić information content (AvgIpc) is 2.68. The molecule has 1 fully saturated rings. The molecule has 0 N–H and O–H groups in total. The van der Waals surface area contributed by atoms with E-state index in [4.69, 9.17) is 4.74 Å². The van der Waals surface area contributed by atoms with Gasteiger partial charge >= 0.3 is 6.18 Å². The third-order valence-electron chi connectivity index (χ3n) is 4.53. The van der Waals surface area contributed by atoms with Gasteiger partial charge in [-0.05, 0) is 24.3 Å². The van der Waals surface area contributed by atoms with E-state index in [1.165, 1.54) is 13.2 Å². The van der Waals surface area contributed by atoms with Crippen LogP contribution in [0.3, 0.4) is 0 Å². The van der Waals surface area contributed by atoms with Crippen LogP contribution in [-0.4, -0.2) is 54.0 Å². The number of benzene rings is 1. The van der Waals surface area contributed by atoms with Crippen LogP contribution in [0.1, 0.15) is 21.6 Å². The molecule has 1 saturated heterocycles. The molecule has 3 rings (SSSR count). The van der Waals surface area contributed by atoms with Gasteiger partial charge in [-0.1, -0.05) is 12.1 Å². The van der Waals surface area contributed by atoms with Crippen LogP contribution in [0.4, 0.5) is 13.2 Å². The first-order chi connectivity index (χ1) is 12.9. The van der Waals surface area contributed by atoms with Crippen molar-refractivity contribution in [2.24, 2.45) is 0 Å². The molecule has 1 aliphatic rings. The molecule has 2 aromatic rings. The number of ether oxygens (including phenoxy) is 1. The summed E-state index contributed by atoms with van der Waals surface area (Å²) in [6, 6.07) is 9.53. The molecule has 27 heavy (non-hydrogen) atoms. The fraction of sp³-hybridized carbons (Fsp3) is 0.368. The SMILES string of the molecule is COc1ccccc1C(=O)N1CCN(Cc2ccc(C(F)(F)F)cn2)CC1. The highest BCUT2D eigenvalue weighted by Crippen LogP contribution is 2.28. The van der Waals surface area contributed by atoms with E-state index in [2.05, 4.69) is 9.88 Å². The van der Waals surface area contributed by atoms with Gasteiger partial charge in [0.15, 0.2) is 0 Å². The van der Waals surface area contributed by atoms with Crippen LogP contribution in [0.25, 0.3) is 0 Å². The molecule has 0 spiro atoms. The topological polar surface area (TPSA) is 45.7 Å². The van der Waals surface area contributed by atoms with E-state index < -0.39 is 11.7 Å². The predicted molar refractivity (Wildman–Crippen MR) is 93.4 cm³/mol. The molecule has 1 aromatic carbocycles. The van der Waals surface area contributed by atoms with E-state index in [9.17, 15) is 18.0 Å². The number of halogens is 3. The van der Waals surface area contributed by atoms with Crippen LogP contribution in [0.15, 0.2) is 42.6 Å². The van der Waals surface area contributed by atoms with Crippen LogP contribution < -0.4 is 4.74 Å². The summed E-state index contributed by atoms with van der Waals surface area (Å²) >= 11 is 0. The lowest BCUT2D eigenvalue weighted by molar-refractivity contribution is -0.137. The normalized spacial score (nSPS) is 15.6. The van der Waals surface area contributed by atoms with Gasteiger partial charge in [0, 0.05) is 38.9 Å². The Kier molecular flexibility index (Phi) is 5.65. The molecule has 2 heterocycles. The minimum absolute atomic E-state index is 0.0836. The summed E-state index contributed by atoms with van der Waals surface area (Å²) in [6.07, 6.45) is -3.52. The highest BCUT2D eigenvalue weighted by molar-refractivity contribution is 5.97. The minimum atomic E-state index is -4.38. The first kappa shape index (κ1) is 19.2. The minimum Gasteiger partial charge on any atom is -0.496 e. The van der Waals surface area contributed by atoms with Gasteiger partial charge in [0.1, 0.15) is 5.75 Å². The van der Waals surface area contributed by atoms with Gasteiger partial charge in [0.05, 0.1) is 23.9 Å². The molecular weight excluding hydrogens is 359 g/mol. The maximum Gasteiger partial charge on any atom is 0.417 e. The molecule has 0 unspecified atom stereocenters. The van der Waals surface area contributed by atoms with Gasteiger partial charge in [-0.3, -0.25) is 14.7 Å². The second-order valence-corrected chi connectivity index (χ2v) is 6.30. The lowest BCUT2D eigenvalue weighted by Gasteiger charge is -2.34. The lowest BCUT2D eigenvalue weighted by atomic mass is 10.1. The van der Waals surface area contributed by atoms with E-state index in [1.54, 1.807) is 23.1 Å². The van der Waals surface area contributed by atoms with Gasteiger partial charge < -0.3 is 9.64 Å².